The van der Waals surface area contributed by atoms with E-state index in [9.17, 15) is 9.00 Å². The number of aryl methyl sites for hydroxylation is 2. The number of hydrogen-bond donors (Lipinski definition) is 1. The van der Waals surface area contributed by atoms with Crippen LogP contribution in [0.15, 0.2) is 39.6 Å². The van der Waals surface area contributed by atoms with Gasteiger partial charge in [0.25, 0.3) is 5.91 Å². The Morgan fingerprint density at radius 3 is 2.34 bits per heavy atom. The Hall–Kier alpha value is -2.02. The SMILES string of the molecule is CN(C)Cc1cccc(S(N)(=O)=NC(=O)Cc2c3c(cc4c2CCC4)CCC3)c1. The van der Waals surface area contributed by atoms with E-state index in [2.05, 4.69) is 10.4 Å². The number of amides is 1. The maximum atomic E-state index is 13.1. The highest BCUT2D eigenvalue weighted by Crippen LogP contribution is 2.35. The zero-order chi connectivity index (χ0) is 20.6. The third-order valence-corrected chi connectivity index (χ3v) is 7.30. The number of hydrogen-bond acceptors (Lipinski definition) is 3. The lowest BCUT2D eigenvalue weighted by molar-refractivity contribution is -0.117. The van der Waals surface area contributed by atoms with Gasteiger partial charge in [-0.25, -0.2) is 9.35 Å². The molecule has 0 saturated heterocycles. The summed E-state index contributed by atoms with van der Waals surface area (Å²) in [6.07, 6.45) is 6.72. The van der Waals surface area contributed by atoms with Crippen molar-refractivity contribution in [1.29, 1.82) is 0 Å². The van der Waals surface area contributed by atoms with Gasteiger partial charge >= 0.3 is 0 Å². The summed E-state index contributed by atoms with van der Waals surface area (Å²) in [4.78, 5) is 15.3. The molecule has 0 heterocycles. The topological polar surface area (TPSA) is 75.8 Å². The molecule has 4 rings (SSSR count). The van der Waals surface area contributed by atoms with E-state index >= 15 is 0 Å². The highest BCUT2D eigenvalue weighted by molar-refractivity contribution is 7.91. The van der Waals surface area contributed by atoms with E-state index in [0.29, 0.717) is 11.4 Å². The zero-order valence-electron chi connectivity index (χ0n) is 17.2. The third-order valence-electron chi connectivity index (χ3n) is 5.90. The molecule has 2 N–H and O–H groups in total. The number of carbonyl (C=O) groups excluding carboxylic acids is 1. The first-order valence-corrected chi connectivity index (χ1v) is 11.9. The largest absolute Gasteiger partial charge is 0.305 e. The van der Waals surface area contributed by atoms with E-state index in [-0.39, 0.29) is 12.3 Å². The lowest BCUT2D eigenvalue weighted by atomic mass is 9.92. The van der Waals surface area contributed by atoms with Gasteiger partial charge in [0.15, 0.2) is 0 Å². The van der Waals surface area contributed by atoms with Crippen LogP contribution in [-0.2, 0) is 53.4 Å². The zero-order valence-corrected chi connectivity index (χ0v) is 18.1. The number of fused-ring (bicyclic) bond motifs is 2. The molecule has 0 saturated carbocycles. The van der Waals surface area contributed by atoms with Crippen molar-refractivity contribution in [2.75, 3.05) is 14.1 Å². The van der Waals surface area contributed by atoms with Crippen LogP contribution >= 0.6 is 0 Å². The fraction of sp³-hybridized carbons (Fsp3) is 0.435. The summed E-state index contributed by atoms with van der Waals surface area (Å²) in [7, 11) is 0.680. The predicted molar refractivity (Wildman–Crippen MR) is 116 cm³/mol. The fourth-order valence-corrected chi connectivity index (χ4v) is 5.79. The summed E-state index contributed by atoms with van der Waals surface area (Å²) in [6, 6.07) is 9.60. The second kappa shape index (κ2) is 8.01. The van der Waals surface area contributed by atoms with Gasteiger partial charge in [0.1, 0.15) is 9.92 Å². The first-order valence-electron chi connectivity index (χ1n) is 10.3. The summed E-state index contributed by atoms with van der Waals surface area (Å²) in [6.45, 7) is 0.708. The molecular formula is C23H29N3O2S. The summed E-state index contributed by atoms with van der Waals surface area (Å²) >= 11 is 0. The van der Waals surface area contributed by atoms with Crippen molar-refractivity contribution in [2.45, 2.75) is 56.4 Å². The highest BCUT2D eigenvalue weighted by Gasteiger charge is 2.25. The van der Waals surface area contributed by atoms with Crippen molar-refractivity contribution in [3.05, 3.63) is 63.7 Å². The molecule has 0 bridgehead atoms. The average molecular weight is 412 g/mol. The molecular weight excluding hydrogens is 382 g/mol. The maximum absolute atomic E-state index is 13.1. The van der Waals surface area contributed by atoms with Crippen LogP contribution < -0.4 is 5.14 Å². The quantitative estimate of drug-likeness (QED) is 0.821. The summed E-state index contributed by atoms with van der Waals surface area (Å²) in [5.41, 5.74) is 7.55. The molecule has 5 nitrogen and oxygen atoms in total. The molecule has 0 fully saturated rings. The molecule has 1 amide bonds. The van der Waals surface area contributed by atoms with Gasteiger partial charge in [0, 0.05) is 6.54 Å². The van der Waals surface area contributed by atoms with Crippen molar-refractivity contribution in [2.24, 2.45) is 9.50 Å². The Labute approximate surface area is 173 Å². The Balaban J connectivity index is 1.63. The van der Waals surface area contributed by atoms with Gasteiger partial charge in [-0.15, -0.1) is 4.36 Å². The van der Waals surface area contributed by atoms with Gasteiger partial charge in [-0.05, 0) is 98.1 Å². The van der Waals surface area contributed by atoms with E-state index in [0.717, 1.165) is 49.7 Å². The molecule has 2 aromatic carbocycles. The van der Waals surface area contributed by atoms with Crippen molar-refractivity contribution in [3.8, 4) is 0 Å². The molecule has 0 spiro atoms. The minimum atomic E-state index is -3.26. The smallest absolute Gasteiger partial charge is 0.259 e. The second-order valence-electron chi connectivity index (χ2n) is 8.45. The number of benzene rings is 2. The molecule has 1 atom stereocenters. The van der Waals surface area contributed by atoms with Gasteiger partial charge < -0.3 is 4.90 Å². The first kappa shape index (κ1) is 20.3. The van der Waals surface area contributed by atoms with Crippen LogP contribution in [0.2, 0.25) is 0 Å². The van der Waals surface area contributed by atoms with Crippen LogP contribution in [0.5, 0.6) is 0 Å². The standard InChI is InChI=1S/C23H29N3O2S/c1-26(2)15-16-6-3-9-19(12-16)29(24,28)25-23(27)14-22-20-10-4-7-17(20)13-18-8-5-11-21(18)22/h3,6,9,12-13H,4-5,7-8,10-11,14-15H2,1-2H3,(H2,24,25,27,28). The van der Waals surface area contributed by atoms with Crippen molar-refractivity contribution < 1.29 is 9.00 Å². The van der Waals surface area contributed by atoms with E-state index < -0.39 is 9.92 Å². The number of carbonyl (C=O) groups is 1. The Bertz CT molecular complexity index is 1050. The molecule has 0 radical (unpaired) electrons. The third kappa shape index (κ3) is 4.29. The number of rotatable bonds is 5. The molecule has 2 aliphatic rings. The molecule has 6 heteroatoms. The van der Waals surface area contributed by atoms with Gasteiger partial charge in [0.05, 0.1) is 11.3 Å². The van der Waals surface area contributed by atoms with Gasteiger partial charge in [-0.2, -0.15) is 0 Å². The van der Waals surface area contributed by atoms with Gasteiger partial charge in [-0.1, -0.05) is 18.2 Å². The molecule has 2 aliphatic carbocycles. The summed E-state index contributed by atoms with van der Waals surface area (Å²) in [5, 5.41) is 6.04. The Kier molecular flexibility index (Phi) is 5.60. The minimum Gasteiger partial charge on any atom is -0.305 e. The van der Waals surface area contributed by atoms with E-state index in [1.807, 2.05) is 31.1 Å². The van der Waals surface area contributed by atoms with Crippen molar-refractivity contribution >= 4 is 15.8 Å². The molecule has 0 aromatic heterocycles. The molecule has 0 aliphatic heterocycles. The van der Waals surface area contributed by atoms with E-state index in [4.69, 9.17) is 5.14 Å². The fourth-order valence-electron chi connectivity index (χ4n) is 4.73. The average Bonchev–Trinajstić information content (AvgIpc) is 3.29. The van der Waals surface area contributed by atoms with Crippen LogP contribution in [0.4, 0.5) is 0 Å². The van der Waals surface area contributed by atoms with Crippen molar-refractivity contribution in [1.82, 2.24) is 4.90 Å². The van der Waals surface area contributed by atoms with Crippen LogP contribution in [0, 0.1) is 0 Å². The van der Waals surface area contributed by atoms with Crippen LogP contribution in [0.25, 0.3) is 0 Å². The van der Waals surface area contributed by atoms with Gasteiger partial charge in [-0.3, -0.25) is 4.79 Å². The lowest BCUT2D eigenvalue weighted by Crippen LogP contribution is -2.17. The van der Waals surface area contributed by atoms with Crippen LogP contribution in [-0.4, -0.2) is 29.1 Å². The van der Waals surface area contributed by atoms with Gasteiger partial charge in [0.2, 0.25) is 0 Å². The van der Waals surface area contributed by atoms with E-state index in [1.165, 1.54) is 22.3 Å². The number of nitrogens with two attached hydrogens (primary N) is 1. The van der Waals surface area contributed by atoms with Crippen LogP contribution in [0.3, 0.4) is 0 Å². The normalized spacial score (nSPS) is 17.1. The summed E-state index contributed by atoms with van der Waals surface area (Å²) < 4.78 is 17.1. The Morgan fingerprint density at radius 1 is 1.07 bits per heavy atom. The minimum absolute atomic E-state index is 0.205. The molecule has 1 unspecified atom stereocenters. The highest BCUT2D eigenvalue weighted by atomic mass is 32.2. The second-order valence-corrected chi connectivity index (χ2v) is 10.2. The molecule has 154 valence electrons. The monoisotopic (exact) mass is 411 g/mol. The molecule has 29 heavy (non-hydrogen) atoms. The van der Waals surface area contributed by atoms with Crippen molar-refractivity contribution in [3.63, 3.8) is 0 Å². The summed E-state index contributed by atoms with van der Waals surface area (Å²) in [5.74, 6) is -0.384. The molecule has 2 aromatic rings. The Morgan fingerprint density at radius 2 is 1.72 bits per heavy atom. The van der Waals surface area contributed by atoms with E-state index in [1.54, 1.807) is 12.1 Å². The number of nitrogens with zero attached hydrogens (tertiary/aromatic N) is 2. The van der Waals surface area contributed by atoms with Crippen LogP contribution in [0.1, 0.15) is 46.2 Å². The lowest BCUT2D eigenvalue weighted by Gasteiger charge is -2.14. The first-order chi connectivity index (χ1) is 13.8. The maximum Gasteiger partial charge on any atom is 0.259 e. The predicted octanol–water partition coefficient (Wildman–Crippen LogP) is 3.20.